The molecule has 2 aromatic heterocycles. The molecule has 0 aliphatic heterocycles. The molecule has 0 radical (unpaired) electrons. The number of hydrogen-bond donors (Lipinski definition) is 1. The van der Waals surface area contributed by atoms with Crippen molar-refractivity contribution in [2.75, 3.05) is 0 Å². The summed E-state index contributed by atoms with van der Waals surface area (Å²) in [6.07, 6.45) is 3.05. The molecule has 0 fully saturated rings. The van der Waals surface area contributed by atoms with Gasteiger partial charge in [-0.2, -0.15) is 0 Å². The molecule has 0 unspecified atom stereocenters. The molecule has 0 bridgehead atoms. The van der Waals surface area contributed by atoms with E-state index in [2.05, 4.69) is 9.71 Å². The van der Waals surface area contributed by atoms with Crippen LogP contribution in [0.5, 0.6) is 0 Å². The minimum Gasteiger partial charge on any atom is -0.466 e. The topological polar surface area (TPSA) is 77.1 Å². The zero-order chi connectivity index (χ0) is 14.9. The van der Waals surface area contributed by atoms with Crippen LogP contribution in [-0.2, 0) is 16.6 Å². The smallest absolute Gasteiger partial charge is 0.259 e. The quantitative estimate of drug-likeness (QED) is 0.917. The Morgan fingerprint density at radius 2 is 2.10 bits per heavy atom. The maximum absolute atomic E-state index is 12.1. The average Bonchev–Trinajstić information content (AvgIpc) is 2.94. The summed E-state index contributed by atoms with van der Waals surface area (Å²) in [5, 5.41) is 0.0315. The van der Waals surface area contributed by atoms with Crippen molar-refractivity contribution in [3.05, 3.63) is 35.7 Å². The molecular weight excluding hydrogens is 278 g/mol. The van der Waals surface area contributed by atoms with Gasteiger partial charge in [0.2, 0.25) is 0 Å². The van der Waals surface area contributed by atoms with Gasteiger partial charge in [-0.25, -0.2) is 18.1 Å². The molecule has 0 spiro atoms. The molecule has 0 aromatic carbocycles. The van der Waals surface area contributed by atoms with Crippen LogP contribution < -0.4 is 4.72 Å². The second-order valence-electron chi connectivity index (χ2n) is 5.02. The first kappa shape index (κ1) is 14.8. The van der Waals surface area contributed by atoms with E-state index in [4.69, 9.17) is 4.42 Å². The predicted octanol–water partition coefficient (Wildman–Crippen LogP) is 2.15. The van der Waals surface area contributed by atoms with Crippen LogP contribution in [0, 0.1) is 13.8 Å². The first-order valence-electron chi connectivity index (χ1n) is 6.38. The minimum absolute atomic E-state index is 0.0315. The Bertz CT molecular complexity index is 698. The third-order valence-electron chi connectivity index (χ3n) is 3.05. The Morgan fingerprint density at radius 1 is 1.40 bits per heavy atom. The molecule has 1 N–H and O–H groups in total. The van der Waals surface area contributed by atoms with Gasteiger partial charge in [-0.3, -0.25) is 0 Å². The fourth-order valence-electron chi connectivity index (χ4n) is 1.84. The normalized spacial score (nSPS) is 12.2. The van der Waals surface area contributed by atoms with E-state index in [1.165, 1.54) is 12.5 Å². The number of aryl methyl sites for hydroxylation is 2. The summed E-state index contributed by atoms with van der Waals surface area (Å²) in [7, 11) is -3.60. The van der Waals surface area contributed by atoms with Crippen LogP contribution in [0.3, 0.4) is 0 Å². The van der Waals surface area contributed by atoms with Crippen LogP contribution in [0.1, 0.15) is 37.0 Å². The molecule has 0 atom stereocenters. The summed E-state index contributed by atoms with van der Waals surface area (Å²) in [5.74, 6) is 1.48. The second-order valence-corrected chi connectivity index (χ2v) is 6.73. The Kier molecular flexibility index (Phi) is 4.01. The third kappa shape index (κ3) is 3.10. The monoisotopic (exact) mass is 297 g/mol. The highest BCUT2D eigenvalue weighted by molar-refractivity contribution is 7.89. The van der Waals surface area contributed by atoms with Gasteiger partial charge in [0.25, 0.3) is 10.0 Å². The fourth-order valence-corrected chi connectivity index (χ4v) is 2.78. The highest BCUT2D eigenvalue weighted by Gasteiger charge is 2.18. The van der Waals surface area contributed by atoms with Crippen LogP contribution in [-0.4, -0.2) is 18.0 Å². The molecule has 110 valence electrons. The predicted molar refractivity (Wildman–Crippen MR) is 74.8 cm³/mol. The zero-order valence-electron chi connectivity index (χ0n) is 12.0. The van der Waals surface area contributed by atoms with Gasteiger partial charge in [-0.05, 0) is 33.8 Å². The van der Waals surface area contributed by atoms with Gasteiger partial charge in [-0.1, -0.05) is 0 Å². The van der Waals surface area contributed by atoms with Gasteiger partial charge >= 0.3 is 0 Å². The summed E-state index contributed by atoms with van der Waals surface area (Å²) in [6, 6.07) is 2.00. The molecule has 0 aliphatic carbocycles. The summed E-state index contributed by atoms with van der Waals surface area (Å²) < 4.78 is 33.9. The number of aromatic nitrogens is 2. The van der Waals surface area contributed by atoms with Crippen molar-refractivity contribution in [2.24, 2.45) is 0 Å². The van der Waals surface area contributed by atoms with Crippen molar-refractivity contribution >= 4 is 10.0 Å². The van der Waals surface area contributed by atoms with Gasteiger partial charge in [0.05, 0.1) is 6.33 Å². The first-order chi connectivity index (χ1) is 9.29. The van der Waals surface area contributed by atoms with E-state index in [9.17, 15) is 8.42 Å². The molecule has 0 aliphatic rings. The highest BCUT2D eigenvalue weighted by Crippen LogP contribution is 2.15. The third-order valence-corrected chi connectivity index (χ3v) is 4.33. The van der Waals surface area contributed by atoms with Crippen molar-refractivity contribution in [3.63, 3.8) is 0 Å². The van der Waals surface area contributed by atoms with E-state index >= 15 is 0 Å². The van der Waals surface area contributed by atoms with Gasteiger partial charge < -0.3 is 8.98 Å². The molecule has 0 saturated heterocycles. The van der Waals surface area contributed by atoms with Crippen LogP contribution in [0.2, 0.25) is 0 Å². The van der Waals surface area contributed by atoms with Crippen molar-refractivity contribution in [1.82, 2.24) is 14.3 Å². The van der Waals surface area contributed by atoms with Crippen molar-refractivity contribution < 1.29 is 12.8 Å². The summed E-state index contributed by atoms with van der Waals surface area (Å²) in [5.41, 5.74) is 0.828. The fraction of sp³-hybridized carbons (Fsp3) is 0.462. The Hall–Kier alpha value is -1.60. The first-order valence-corrected chi connectivity index (χ1v) is 7.87. The van der Waals surface area contributed by atoms with Gasteiger partial charge in [0.15, 0.2) is 5.03 Å². The maximum atomic E-state index is 12.1. The van der Waals surface area contributed by atoms with E-state index in [1.807, 2.05) is 33.8 Å². The maximum Gasteiger partial charge on any atom is 0.259 e. The summed E-state index contributed by atoms with van der Waals surface area (Å²) >= 11 is 0. The van der Waals surface area contributed by atoms with Gasteiger partial charge in [0.1, 0.15) is 11.5 Å². The number of furan rings is 1. The lowest BCUT2D eigenvalue weighted by Crippen LogP contribution is -2.23. The molecule has 2 rings (SSSR count). The van der Waals surface area contributed by atoms with E-state index in [-0.39, 0.29) is 17.6 Å². The lowest BCUT2D eigenvalue weighted by atomic mass is 10.2. The number of sulfonamides is 1. The Morgan fingerprint density at radius 3 is 2.60 bits per heavy atom. The number of hydrogen-bond acceptors (Lipinski definition) is 4. The van der Waals surface area contributed by atoms with Crippen molar-refractivity contribution in [2.45, 2.75) is 45.3 Å². The largest absolute Gasteiger partial charge is 0.466 e. The standard InChI is InChI=1S/C13H19N3O3S/c1-9(2)16-7-13(14-8-16)20(17,18)15-6-12-5-10(3)19-11(12)4/h5,7-9,15H,6H2,1-4H3. The van der Waals surface area contributed by atoms with E-state index in [1.54, 1.807) is 4.57 Å². The Balaban J connectivity index is 2.12. The lowest BCUT2D eigenvalue weighted by Gasteiger charge is -2.05. The molecule has 0 saturated carbocycles. The molecule has 20 heavy (non-hydrogen) atoms. The summed E-state index contributed by atoms with van der Waals surface area (Å²) in [6.45, 7) is 7.76. The van der Waals surface area contributed by atoms with Crippen molar-refractivity contribution in [1.29, 1.82) is 0 Å². The summed E-state index contributed by atoms with van der Waals surface area (Å²) in [4.78, 5) is 3.94. The SMILES string of the molecule is Cc1cc(CNS(=O)(=O)c2cn(C(C)C)cn2)c(C)o1. The van der Waals surface area contributed by atoms with E-state index < -0.39 is 10.0 Å². The van der Waals surface area contributed by atoms with Crippen LogP contribution in [0.25, 0.3) is 0 Å². The molecule has 6 nitrogen and oxygen atoms in total. The van der Waals surface area contributed by atoms with Gasteiger partial charge in [-0.15, -0.1) is 0 Å². The number of rotatable bonds is 5. The molecule has 2 heterocycles. The number of nitrogens with one attached hydrogen (secondary N) is 1. The van der Waals surface area contributed by atoms with E-state index in [0.29, 0.717) is 0 Å². The molecule has 7 heteroatoms. The lowest BCUT2D eigenvalue weighted by molar-refractivity contribution is 0.500. The average molecular weight is 297 g/mol. The minimum atomic E-state index is -3.60. The van der Waals surface area contributed by atoms with E-state index in [0.717, 1.165) is 17.1 Å². The van der Waals surface area contributed by atoms with Crippen molar-refractivity contribution in [3.8, 4) is 0 Å². The molecular formula is C13H19N3O3S. The van der Waals surface area contributed by atoms with Gasteiger partial charge in [0, 0.05) is 24.3 Å². The van der Waals surface area contributed by atoms with Crippen LogP contribution in [0.15, 0.2) is 28.0 Å². The molecule has 2 aromatic rings. The number of nitrogens with zero attached hydrogens (tertiary/aromatic N) is 2. The Labute approximate surface area is 118 Å². The van der Waals surface area contributed by atoms with Crippen LogP contribution in [0.4, 0.5) is 0 Å². The second kappa shape index (κ2) is 5.41. The highest BCUT2D eigenvalue weighted by atomic mass is 32.2. The molecule has 0 amide bonds. The van der Waals surface area contributed by atoms with Crippen LogP contribution >= 0.6 is 0 Å². The number of imidazole rings is 1. The zero-order valence-corrected chi connectivity index (χ0v) is 12.9.